The number of aryl methyl sites for hydroxylation is 2. The minimum absolute atomic E-state index is 0.200. The van der Waals surface area contributed by atoms with Crippen LogP contribution in [0.25, 0.3) is 10.9 Å². The molecule has 84 valence electrons. The molecule has 0 aliphatic rings. The summed E-state index contributed by atoms with van der Waals surface area (Å²) in [4.78, 5) is 11.3. The first-order valence-corrected chi connectivity index (χ1v) is 5.25. The summed E-state index contributed by atoms with van der Waals surface area (Å²) < 4.78 is 6.76. The summed E-state index contributed by atoms with van der Waals surface area (Å²) in [6.45, 7) is 2.04. The van der Waals surface area contributed by atoms with Crippen molar-refractivity contribution in [2.24, 2.45) is 7.05 Å². The Bertz CT molecular complexity index is 501. The Hall–Kier alpha value is -1.77. The van der Waals surface area contributed by atoms with Crippen LogP contribution in [0, 0.1) is 6.92 Å². The second-order valence-electron chi connectivity index (χ2n) is 3.90. The van der Waals surface area contributed by atoms with Crippen molar-refractivity contribution < 1.29 is 9.53 Å². The smallest absolute Gasteiger partial charge is 0.311 e. The number of ether oxygens (including phenoxy) is 1. The number of aromatic nitrogens is 1. The molecule has 16 heavy (non-hydrogen) atoms. The van der Waals surface area contributed by atoms with E-state index in [-0.39, 0.29) is 5.97 Å². The zero-order chi connectivity index (χ0) is 11.7. The van der Waals surface area contributed by atoms with Gasteiger partial charge in [0, 0.05) is 23.6 Å². The number of hydrogen-bond donors (Lipinski definition) is 0. The maximum absolute atomic E-state index is 11.3. The van der Waals surface area contributed by atoms with Gasteiger partial charge in [0.15, 0.2) is 0 Å². The quantitative estimate of drug-likeness (QED) is 0.722. The van der Waals surface area contributed by atoms with Gasteiger partial charge < -0.3 is 9.30 Å². The summed E-state index contributed by atoms with van der Waals surface area (Å²) in [7, 11) is 3.40. The minimum atomic E-state index is -0.200. The maximum atomic E-state index is 11.3. The van der Waals surface area contributed by atoms with E-state index in [4.69, 9.17) is 4.74 Å². The van der Waals surface area contributed by atoms with Gasteiger partial charge in [-0.1, -0.05) is 18.2 Å². The molecule has 0 fully saturated rings. The van der Waals surface area contributed by atoms with Gasteiger partial charge in [0.2, 0.25) is 0 Å². The van der Waals surface area contributed by atoms with Crippen LogP contribution in [0.15, 0.2) is 24.3 Å². The highest BCUT2D eigenvalue weighted by Crippen LogP contribution is 2.24. The molecule has 0 atom stereocenters. The van der Waals surface area contributed by atoms with E-state index in [1.165, 1.54) is 12.5 Å². The normalized spacial score (nSPS) is 10.7. The Balaban J connectivity index is 2.57. The standard InChI is InChI=1S/C13H15NO2/c1-9-10-6-4-5-7-11(10)14(2)12(9)8-13(15)16-3/h4-7H,8H2,1-3H3. The maximum Gasteiger partial charge on any atom is 0.311 e. The molecule has 0 spiro atoms. The number of esters is 1. The van der Waals surface area contributed by atoms with E-state index in [0.29, 0.717) is 6.42 Å². The lowest BCUT2D eigenvalue weighted by Gasteiger charge is -2.04. The third-order valence-corrected chi connectivity index (χ3v) is 3.05. The monoisotopic (exact) mass is 217 g/mol. The molecule has 0 unspecified atom stereocenters. The molecule has 0 bridgehead atoms. The molecule has 0 radical (unpaired) electrons. The Labute approximate surface area is 94.6 Å². The minimum Gasteiger partial charge on any atom is -0.469 e. The van der Waals surface area contributed by atoms with Crippen LogP contribution in [0.2, 0.25) is 0 Å². The predicted molar refractivity (Wildman–Crippen MR) is 63.4 cm³/mol. The lowest BCUT2D eigenvalue weighted by molar-refractivity contribution is -0.139. The van der Waals surface area contributed by atoms with Gasteiger partial charge in [-0.15, -0.1) is 0 Å². The molecule has 1 aromatic heterocycles. The molecule has 2 aromatic rings. The predicted octanol–water partition coefficient (Wildman–Crippen LogP) is 2.20. The summed E-state index contributed by atoms with van der Waals surface area (Å²) in [5, 5.41) is 1.20. The van der Waals surface area contributed by atoms with E-state index in [9.17, 15) is 4.79 Å². The summed E-state index contributed by atoms with van der Waals surface area (Å²) in [5.41, 5.74) is 3.33. The van der Waals surface area contributed by atoms with E-state index >= 15 is 0 Å². The molecule has 0 N–H and O–H groups in total. The lowest BCUT2D eigenvalue weighted by atomic mass is 10.1. The summed E-state index contributed by atoms with van der Waals surface area (Å²) in [6.07, 6.45) is 0.327. The second-order valence-corrected chi connectivity index (χ2v) is 3.90. The number of methoxy groups -OCH3 is 1. The number of benzene rings is 1. The number of carbonyl (C=O) groups is 1. The molecule has 1 aromatic carbocycles. The fraction of sp³-hybridized carbons (Fsp3) is 0.308. The molecule has 0 aliphatic heterocycles. The topological polar surface area (TPSA) is 31.2 Å². The van der Waals surface area contributed by atoms with E-state index in [1.54, 1.807) is 0 Å². The van der Waals surface area contributed by atoms with Gasteiger partial charge >= 0.3 is 5.97 Å². The third-order valence-electron chi connectivity index (χ3n) is 3.05. The molecule has 0 amide bonds. The molecule has 2 rings (SSSR count). The average molecular weight is 217 g/mol. The zero-order valence-corrected chi connectivity index (χ0v) is 9.78. The molecule has 0 aliphatic carbocycles. The van der Waals surface area contributed by atoms with Crippen molar-refractivity contribution in [3.05, 3.63) is 35.5 Å². The van der Waals surface area contributed by atoms with E-state index in [2.05, 4.69) is 16.7 Å². The van der Waals surface area contributed by atoms with Gasteiger partial charge in [0.25, 0.3) is 0 Å². The Morgan fingerprint density at radius 1 is 1.38 bits per heavy atom. The zero-order valence-electron chi connectivity index (χ0n) is 9.78. The molecular weight excluding hydrogens is 202 g/mol. The van der Waals surface area contributed by atoms with Crippen LogP contribution in [0.1, 0.15) is 11.3 Å². The van der Waals surface area contributed by atoms with Crippen molar-refractivity contribution >= 4 is 16.9 Å². The van der Waals surface area contributed by atoms with Crippen molar-refractivity contribution in [1.29, 1.82) is 0 Å². The molecule has 0 saturated carbocycles. The Morgan fingerprint density at radius 2 is 2.06 bits per heavy atom. The fourth-order valence-corrected chi connectivity index (χ4v) is 2.10. The summed E-state index contributed by atoms with van der Waals surface area (Å²) in [5.74, 6) is -0.200. The van der Waals surface area contributed by atoms with Crippen molar-refractivity contribution in [2.45, 2.75) is 13.3 Å². The number of carbonyl (C=O) groups excluding carboxylic acids is 1. The summed E-state index contributed by atoms with van der Waals surface area (Å²) >= 11 is 0. The summed E-state index contributed by atoms with van der Waals surface area (Å²) in [6, 6.07) is 8.15. The SMILES string of the molecule is COC(=O)Cc1c(C)c2ccccc2n1C. The highest BCUT2D eigenvalue weighted by molar-refractivity contribution is 5.87. The van der Waals surface area contributed by atoms with Crippen molar-refractivity contribution in [2.75, 3.05) is 7.11 Å². The first-order valence-electron chi connectivity index (χ1n) is 5.25. The Kier molecular flexibility index (Phi) is 2.69. The largest absolute Gasteiger partial charge is 0.469 e. The number of nitrogens with zero attached hydrogens (tertiary/aromatic N) is 1. The second kappa shape index (κ2) is 4.00. The highest BCUT2D eigenvalue weighted by Gasteiger charge is 2.14. The first-order chi connectivity index (χ1) is 7.65. The van der Waals surface area contributed by atoms with Crippen LogP contribution in [0.5, 0.6) is 0 Å². The number of rotatable bonds is 2. The van der Waals surface area contributed by atoms with Gasteiger partial charge in [-0.05, 0) is 18.6 Å². The van der Waals surface area contributed by atoms with Crippen molar-refractivity contribution in [3.63, 3.8) is 0 Å². The first kappa shape index (κ1) is 10.7. The molecular formula is C13H15NO2. The van der Waals surface area contributed by atoms with Crippen LogP contribution < -0.4 is 0 Å². The highest BCUT2D eigenvalue weighted by atomic mass is 16.5. The fourth-order valence-electron chi connectivity index (χ4n) is 2.10. The molecule has 3 heteroatoms. The van der Waals surface area contributed by atoms with Gasteiger partial charge in [0.05, 0.1) is 13.5 Å². The van der Waals surface area contributed by atoms with Crippen molar-refractivity contribution in [3.8, 4) is 0 Å². The van der Waals surface area contributed by atoms with E-state index in [1.807, 2.05) is 26.1 Å². The number of fused-ring (bicyclic) bond motifs is 1. The molecule has 3 nitrogen and oxygen atoms in total. The van der Waals surface area contributed by atoms with Crippen molar-refractivity contribution in [1.82, 2.24) is 4.57 Å². The van der Waals surface area contributed by atoms with Gasteiger partial charge in [-0.25, -0.2) is 0 Å². The van der Waals surface area contributed by atoms with Gasteiger partial charge in [-0.3, -0.25) is 4.79 Å². The van der Waals surface area contributed by atoms with E-state index in [0.717, 1.165) is 16.8 Å². The van der Waals surface area contributed by atoms with Crippen LogP contribution >= 0.6 is 0 Å². The molecule has 0 saturated heterocycles. The third kappa shape index (κ3) is 1.58. The van der Waals surface area contributed by atoms with Crippen LogP contribution in [-0.4, -0.2) is 17.6 Å². The van der Waals surface area contributed by atoms with Crippen LogP contribution in [0.3, 0.4) is 0 Å². The number of hydrogen-bond acceptors (Lipinski definition) is 2. The Morgan fingerprint density at radius 3 is 2.69 bits per heavy atom. The van der Waals surface area contributed by atoms with Gasteiger partial charge in [0.1, 0.15) is 0 Å². The van der Waals surface area contributed by atoms with Crippen LogP contribution in [-0.2, 0) is 23.0 Å². The average Bonchev–Trinajstić information content (AvgIpc) is 2.55. The lowest BCUT2D eigenvalue weighted by Crippen LogP contribution is -2.09. The van der Waals surface area contributed by atoms with E-state index < -0.39 is 0 Å². The number of para-hydroxylation sites is 1. The molecule has 1 heterocycles. The van der Waals surface area contributed by atoms with Gasteiger partial charge in [-0.2, -0.15) is 0 Å². The van der Waals surface area contributed by atoms with Crippen LogP contribution in [0.4, 0.5) is 0 Å².